The van der Waals surface area contributed by atoms with Crippen molar-refractivity contribution in [2.45, 2.75) is 181 Å². The van der Waals surface area contributed by atoms with Gasteiger partial charge in [0.1, 0.15) is 40.5 Å². The summed E-state index contributed by atoms with van der Waals surface area (Å²) in [7, 11) is 0. The van der Waals surface area contributed by atoms with Crippen LogP contribution in [0.5, 0.6) is 0 Å². The first kappa shape index (κ1) is 56.3. The van der Waals surface area contributed by atoms with Gasteiger partial charge >= 0.3 is 24.4 Å². The van der Waals surface area contributed by atoms with Crippen molar-refractivity contribution in [3.8, 4) is 12.3 Å². The molecule has 3 atom stereocenters. The Morgan fingerprint density at radius 1 is 0.469 bits per heavy atom. The van der Waals surface area contributed by atoms with E-state index in [1.165, 1.54) is 0 Å². The van der Waals surface area contributed by atoms with Gasteiger partial charge in [-0.05, 0) is 165 Å². The van der Waals surface area contributed by atoms with Crippen LogP contribution in [-0.4, -0.2) is 102 Å². The van der Waals surface area contributed by atoms with Crippen LogP contribution in [0, 0.1) is 12.3 Å². The number of anilines is 1. The van der Waals surface area contributed by atoms with E-state index in [1.54, 1.807) is 107 Å². The molecule has 0 aromatic heterocycles. The van der Waals surface area contributed by atoms with Crippen LogP contribution >= 0.6 is 0 Å². The molecule has 360 valence electrons. The summed E-state index contributed by atoms with van der Waals surface area (Å²) in [6.07, 6.45) is 6.00. The summed E-state index contributed by atoms with van der Waals surface area (Å²) in [6.45, 7) is 21.5. The van der Waals surface area contributed by atoms with Gasteiger partial charge in [0.05, 0.1) is 0 Å². The molecule has 0 saturated carbocycles. The third-order valence-corrected chi connectivity index (χ3v) is 8.36. The second-order valence-electron chi connectivity index (χ2n) is 19.3. The molecule has 0 unspecified atom stereocenters. The Bertz CT molecular complexity index is 1720. The van der Waals surface area contributed by atoms with Crippen LogP contribution < -0.4 is 37.2 Å². The Hall–Kier alpha value is -5.73. The molecule has 0 aliphatic heterocycles. The number of alkyl carbamates (subject to hydrolysis) is 4. The Labute approximate surface area is 379 Å². The van der Waals surface area contributed by atoms with Gasteiger partial charge in [0.2, 0.25) is 17.7 Å². The van der Waals surface area contributed by atoms with E-state index < -0.39 is 82.6 Å². The van der Waals surface area contributed by atoms with Gasteiger partial charge in [0.15, 0.2) is 0 Å². The van der Waals surface area contributed by atoms with Gasteiger partial charge in [-0.15, -0.1) is 6.42 Å². The van der Waals surface area contributed by atoms with Crippen LogP contribution in [-0.2, 0) is 33.3 Å². The highest BCUT2D eigenvalue weighted by Crippen LogP contribution is 2.14. The zero-order valence-electron chi connectivity index (χ0n) is 40.1. The zero-order valence-corrected chi connectivity index (χ0v) is 40.1. The first-order valence-corrected chi connectivity index (χ1v) is 21.9. The second kappa shape index (κ2) is 26.8. The van der Waals surface area contributed by atoms with E-state index in [9.17, 15) is 33.6 Å². The number of amides is 7. The van der Waals surface area contributed by atoms with E-state index in [0.717, 1.165) is 0 Å². The Kier molecular flexibility index (Phi) is 23.6. The standard InChI is InChI=1S/C46H75N7O11/c1-14-31-24-26-32(27-25-31)50-37(55)34(51-38(56)35(53-42(60)64-46(11,12)13)23-17-20-30-49-40(58)62-44(5,6)7)22-15-18-28-47-36(54)33(52-41(59)63-45(8,9)10)21-16-19-29-48-39(57)61-43(2,3)4/h1,24-27,33-35H,15-23,28-30H2,2-13H3,(H,47,54)(H,48,57)(H,49,58)(H,50,55)(H,51,56)(H,52,59)(H,53,60)/t33-,34-,35-/m0/s1. The summed E-state index contributed by atoms with van der Waals surface area (Å²) >= 11 is 0. The van der Waals surface area contributed by atoms with E-state index in [1.807, 2.05) is 0 Å². The molecule has 7 amide bonds. The fraction of sp³-hybridized carbons (Fsp3) is 0.674. The molecule has 1 aromatic carbocycles. The molecule has 0 aliphatic rings. The van der Waals surface area contributed by atoms with Crippen molar-refractivity contribution in [1.29, 1.82) is 0 Å². The van der Waals surface area contributed by atoms with E-state index in [0.29, 0.717) is 56.3 Å². The van der Waals surface area contributed by atoms with Crippen molar-refractivity contribution in [3.63, 3.8) is 0 Å². The van der Waals surface area contributed by atoms with Crippen molar-refractivity contribution in [1.82, 2.24) is 31.9 Å². The van der Waals surface area contributed by atoms with Crippen LogP contribution in [0.1, 0.15) is 146 Å². The number of hydrogen-bond donors (Lipinski definition) is 7. The molecular weight excluding hydrogens is 827 g/mol. The van der Waals surface area contributed by atoms with E-state index in [4.69, 9.17) is 25.4 Å². The van der Waals surface area contributed by atoms with Crippen molar-refractivity contribution in [3.05, 3.63) is 29.8 Å². The molecule has 1 rings (SSSR count). The van der Waals surface area contributed by atoms with Gasteiger partial charge in [-0.25, -0.2) is 19.2 Å². The van der Waals surface area contributed by atoms with Crippen molar-refractivity contribution in [2.24, 2.45) is 0 Å². The second-order valence-corrected chi connectivity index (χ2v) is 19.3. The molecule has 0 spiro atoms. The minimum atomic E-state index is -1.09. The molecule has 1 aromatic rings. The molecular formula is C46H75N7O11. The van der Waals surface area contributed by atoms with E-state index in [2.05, 4.69) is 43.1 Å². The number of carbonyl (C=O) groups is 7. The number of hydrogen-bond acceptors (Lipinski definition) is 11. The Balaban J connectivity index is 3.07. The summed E-state index contributed by atoms with van der Waals surface area (Å²) in [6, 6.07) is 3.51. The predicted molar refractivity (Wildman–Crippen MR) is 244 cm³/mol. The van der Waals surface area contributed by atoms with Crippen molar-refractivity contribution in [2.75, 3.05) is 25.0 Å². The van der Waals surface area contributed by atoms with Crippen LogP contribution in [0.2, 0.25) is 0 Å². The molecule has 0 aliphatic carbocycles. The molecule has 18 heteroatoms. The number of ether oxygens (including phenoxy) is 4. The molecule has 0 bridgehead atoms. The van der Waals surface area contributed by atoms with Crippen molar-refractivity contribution < 1.29 is 52.5 Å². The molecule has 0 fully saturated rings. The minimum absolute atomic E-state index is 0.152. The number of unbranched alkanes of at least 4 members (excludes halogenated alkanes) is 3. The average molecular weight is 902 g/mol. The van der Waals surface area contributed by atoms with Crippen LogP contribution in [0.4, 0.5) is 24.9 Å². The molecule has 0 saturated heterocycles. The van der Waals surface area contributed by atoms with E-state index >= 15 is 0 Å². The minimum Gasteiger partial charge on any atom is -0.444 e. The predicted octanol–water partition coefficient (Wildman–Crippen LogP) is 6.55. The highest BCUT2D eigenvalue weighted by molar-refractivity contribution is 5.98. The lowest BCUT2D eigenvalue weighted by molar-refractivity contribution is -0.128. The summed E-state index contributed by atoms with van der Waals surface area (Å²) in [5.41, 5.74) is -1.89. The molecule has 64 heavy (non-hydrogen) atoms. The van der Waals surface area contributed by atoms with Gasteiger partial charge < -0.3 is 56.2 Å². The normalized spacial score (nSPS) is 13.0. The molecule has 18 nitrogen and oxygen atoms in total. The Morgan fingerprint density at radius 3 is 1.19 bits per heavy atom. The summed E-state index contributed by atoms with van der Waals surface area (Å²) in [4.78, 5) is 90.6. The van der Waals surface area contributed by atoms with Gasteiger partial charge in [-0.1, -0.05) is 5.92 Å². The zero-order chi connectivity index (χ0) is 48.7. The van der Waals surface area contributed by atoms with Crippen LogP contribution in [0.25, 0.3) is 0 Å². The largest absolute Gasteiger partial charge is 0.444 e. The third-order valence-electron chi connectivity index (χ3n) is 8.36. The number of benzene rings is 1. The maximum atomic E-state index is 13.9. The average Bonchev–Trinajstić information content (AvgIpc) is 3.13. The SMILES string of the molecule is C#Cc1ccc(NC(=O)[C@H](CCCCNC(=O)[C@H](CCCCNC(=O)OC(C)(C)C)NC(=O)OC(C)(C)C)NC(=O)[C@H](CCCCNC(=O)OC(C)(C)C)NC(=O)OC(C)(C)C)cc1. The smallest absolute Gasteiger partial charge is 0.408 e. The quantitative estimate of drug-likeness (QED) is 0.0374. The van der Waals surface area contributed by atoms with Crippen LogP contribution in [0.15, 0.2) is 24.3 Å². The lowest BCUT2D eigenvalue weighted by Gasteiger charge is -2.25. The maximum Gasteiger partial charge on any atom is 0.408 e. The van der Waals surface area contributed by atoms with E-state index in [-0.39, 0.29) is 32.4 Å². The third kappa shape index (κ3) is 28.1. The number of terminal acetylenes is 1. The number of carbonyl (C=O) groups excluding carboxylic acids is 7. The first-order chi connectivity index (χ1) is 29.6. The topological polar surface area (TPSA) is 241 Å². The highest BCUT2D eigenvalue weighted by Gasteiger charge is 2.29. The van der Waals surface area contributed by atoms with Crippen molar-refractivity contribution >= 4 is 47.8 Å². The molecule has 7 N–H and O–H groups in total. The summed E-state index contributed by atoms with van der Waals surface area (Å²) in [5.74, 6) is 0.928. The first-order valence-electron chi connectivity index (χ1n) is 21.9. The van der Waals surface area contributed by atoms with Gasteiger partial charge in [-0.3, -0.25) is 14.4 Å². The molecule has 0 heterocycles. The maximum absolute atomic E-state index is 13.9. The lowest BCUT2D eigenvalue weighted by Crippen LogP contribution is -2.53. The lowest BCUT2D eigenvalue weighted by atomic mass is 10.0. The Morgan fingerprint density at radius 2 is 0.812 bits per heavy atom. The van der Waals surface area contributed by atoms with Gasteiger partial charge in [0, 0.05) is 30.9 Å². The number of nitrogens with one attached hydrogen (secondary N) is 7. The monoisotopic (exact) mass is 902 g/mol. The highest BCUT2D eigenvalue weighted by atomic mass is 16.6. The summed E-state index contributed by atoms with van der Waals surface area (Å²) in [5, 5.41) is 19.1. The fourth-order valence-corrected chi connectivity index (χ4v) is 5.62. The van der Waals surface area contributed by atoms with Gasteiger partial charge in [-0.2, -0.15) is 0 Å². The van der Waals surface area contributed by atoms with Crippen LogP contribution in [0.3, 0.4) is 0 Å². The summed E-state index contributed by atoms with van der Waals surface area (Å²) < 4.78 is 21.3. The fourth-order valence-electron chi connectivity index (χ4n) is 5.62. The number of rotatable bonds is 22. The molecule has 0 radical (unpaired) electrons. The van der Waals surface area contributed by atoms with Gasteiger partial charge in [0.25, 0.3) is 0 Å².